The van der Waals surface area contributed by atoms with Crippen molar-refractivity contribution in [1.29, 1.82) is 0 Å². The quantitative estimate of drug-likeness (QED) is 0.567. The molecule has 0 aromatic rings. The van der Waals surface area contributed by atoms with Crippen LogP contribution in [-0.2, 0) is 4.65 Å². The molecule has 0 aliphatic heterocycles. The van der Waals surface area contributed by atoms with Crippen molar-refractivity contribution < 1.29 is 9.76 Å². The summed E-state index contributed by atoms with van der Waals surface area (Å²) < 4.78 is 5.72. The standard InChI is InChI=1S/C15H26BO2.C2H6/c1-11(2)9-10-13(12(3)4)16-18-15(7,8)14(5,6)17;1-2/h9-10,17H,3H2,1-2,4-8H3;1-2H3/b13-10+;. The van der Waals surface area contributed by atoms with Gasteiger partial charge < -0.3 is 9.76 Å². The molecule has 1 N–H and O–H groups in total. The minimum Gasteiger partial charge on any atom is -0.427 e. The molecule has 2 nitrogen and oxygen atoms in total. The summed E-state index contributed by atoms with van der Waals surface area (Å²) in [7, 11) is 1.67. The zero-order chi connectivity index (χ0) is 16.6. The molecule has 0 aromatic carbocycles. The molecule has 0 aliphatic rings. The molecule has 0 atom stereocenters. The molecule has 0 unspecified atom stereocenters. The van der Waals surface area contributed by atoms with Gasteiger partial charge in [0.15, 0.2) is 0 Å². The summed E-state index contributed by atoms with van der Waals surface area (Å²) in [6.07, 6.45) is 3.99. The van der Waals surface area contributed by atoms with Gasteiger partial charge in [-0.05, 0) is 48.5 Å². The van der Waals surface area contributed by atoms with Crippen LogP contribution < -0.4 is 0 Å². The third-order valence-electron chi connectivity index (χ3n) is 3.04. The van der Waals surface area contributed by atoms with Crippen LogP contribution >= 0.6 is 0 Å². The van der Waals surface area contributed by atoms with E-state index in [0.717, 1.165) is 11.0 Å². The summed E-state index contributed by atoms with van der Waals surface area (Å²) in [4.78, 5) is 0. The number of aliphatic hydroxyl groups is 1. The molecule has 0 amide bonds. The van der Waals surface area contributed by atoms with Crippen molar-refractivity contribution in [2.24, 2.45) is 0 Å². The van der Waals surface area contributed by atoms with Gasteiger partial charge in [-0.2, -0.15) is 0 Å². The Morgan fingerprint density at radius 2 is 1.50 bits per heavy atom. The summed E-state index contributed by atoms with van der Waals surface area (Å²) in [5.74, 6) is 0. The van der Waals surface area contributed by atoms with Gasteiger partial charge in [0.1, 0.15) is 0 Å². The van der Waals surface area contributed by atoms with E-state index in [9.17, 15) is 5.11 Å². The summed E-state index contributed by atoms with van der Waals surface area (Å²) in [6, 6.07) is 0. The third-order valence-corrected chi connectivity index (χ3v) is 3.04. The van der Waals surface area contributed by atoms with E-state index in [2.05, 4.69) is 6.58 Å². The lowest BCUT2D eigenvalue weighted by molar-refractivity contribution is -0.0896. The Bertz CT molecular complexity index is 354. The van der Waals surface area contributed by atoms with E-state index < -0.39 is 11.2 Å². The summed E-state index contributed by atoms with van der Waals surface area (Å²) in [5, 5.41) is 10.0. The number of hydrogen-bond donors (Lipinski definition) is 1. The van der Waals surface area contributed by atoms with E-state index in [0.29, 0.717) is 0 Å². The second kappa shape index (κ2) is 9.20. The SMILES string of the molecule is C=C(C)/C([B]OC(C)(C)C(C)(C)O)=C\C=C(C)C.CC. The Morgan fingerprint density at radius 3 is 1.80 bits per heavy atom. The average molecular weight is 279 g/mol. The molecule has 1 radical (unpaired) electrons. The van der Waals surface area contributed by atoms with E-state index in [1.54, 1.807) is 21.3 Å². The Balaban J connectivity index is 0. The Kier molecular flexibility index (Phi) is 9.89. The highest BCUT2D eigenvalue weighted by Crippen LogP contribution is 2.25. The molecule has 0 rings (SSSR count). The summed E-state index contributed by atoms with van der Waals surface area (Å²) in [6.45, 7) is 21.1. The van der Waals surface area contributed by atoms with Gasteiger partial charge in [0.2, 0.25) is 0 Å². The lowest BCUT2D eigenvalue weighted by Gasteiger charge is -2.37. The van der Waals surface area contributed by atoms with Crippen molar-refractivity contribution >= 4 is 7.48 Å². The van der Waals surface area contributed by atoms with Crippen LogP contribution in [0.3, 0.4) is 0 Å². The first-order chi connectivity index (χ1) is 8.97. The fourth-order valence-electron chi connectivity index (χ4n) is 0.894. The van der Waals surface area contributed by atoms with Gasteiger partial charge in [-0.25, -0.2) is 0 Å². The molecule has 0 heterocycles. The Morgan fingerprint density at radius 1 is 1.05 bits per heavy atom. The van der Waals surface area contributed by atoms with Gasteiger partial charge in [0, 0.05) is 0 Å². The predicted octanol–water partition coefficient (Wildman–Crippen LogP) is 4.62. The van der Waals surface area contributed by atoms with Crippen molar-refractivity contribution in [3.8, 4) is 0 Å². The van der Waals surface area contributed by atoms with Gasteiger partial charge in [0.05, 0.1) is 11.2 Å². The minimum atomic E-state index is -0.916. The smallest absolute Gasteiger partial charge is 0.331 e. The molecule has 115 valence electrons. The maximum atomic E-state index is 10.0. The molecule has 0 saturated carbocycles. The predicted molar refractivity (Wildman–Crippen MR) is 90.9 cm³/mol. The van der Waals surface area contributed by atoms with Crippen LogP contribution in [-0.4, -0.2) is 23.8 Å². The molecule has 0 spiro atoms. The normalized spacial score (nSPS) is 12.2. The first kappa shape index (κ1) is 21.5. The van der Waals surface area contributed by atoms with E-state index in [1.165, 1.54) is 5.57 Å². The molecular weight excluding hydrogens is 247 g/mol. The minimum absolute atomic E-state index is 0.660. The first-order valence-corrected chi connectivity index (χ1v) is 7.22. The van der Waals surface area contributed by atoms with E-state index in [4.69, 9.17) is 4.65 Å². The Labute approximate surface area is 126 Å². The third kappa shape index (κ3) is 8.39. The van der Waals surface area contributed by atoms with Crippen molar-refractivity contribution in [3.63, 3.8) is 0 Å². The summed E-state index contributed by atoms with van der Waals surface area (Å²) in [5.41, 5.74) is 1.49. The number of hydrogen-bond acceptors (Lipinski definition) is 2. The van der Waals surface area contributed by atoms with Crippen LogP contribution in [0, 0.1) is 0 Å². The molecule has 20 heavy (non-hydrogen) atoms. The second-order valence-corrected chi connectivity index (χ2v) is 5.95. The highest BCUT2D eigenvalue weighted by molar-refractivity contribution is 6.40. The zero-order valence-corrected chi connectivity index (χ0v) is 14.8. The molecule has 0 bridgehead atoms. The monoisotopic (exact) mass is 279 g/mol. The van der Waals surface area contributed by atoms with Crippen LogP contribution in [0.1, 0.15) is 62.3 Å². The van der Waals surface area contributed by atoms with E-state index >= 15 is 0 Å². The Hall–Kier alpha value is -0.795. The van der Waals surface area contributed by atoms with E-state index in [-0.39, 0.29) is 0 Å². The van der Waals surface area contributed by atoms with Crippen LogP contribution in [0.15, 0.2) is 35.3 Å². The van der Waals surface area contributed by atoms with Crippen molar-refractivity contribution in [3.05, 3.63) is 35.3 Å². The summed E-state index contributed by atoms with van der Waals surface area (Å²) >= 11 is 0. The van der Waals surface area contributed by atoms with E-state index in [1.807, 2.05) is 60.6 Å². The van der Waals surface area contributed by atoms with Crippen LogP contribution in [0.4, 0.5) is 0 Å². The molecular formula is C17H32BO2. The van der Waals surface area contributed by atoms with Crippen molar-refractivity contribution in [1.82, 2.24) is 0 Å². The van der Waals surface area contributed by atoms with Crippen molar-refractivity contribution in [2.75, 3.05) is 0 Å². The average Bonchev–Trinajstić information content (AvgIpc) is 2.29. The largest absolute Gasteiger partial charge is 0.427 e. The van der Waals surface area contributed by atoms with Crippen LogP contribution in [0.2, 0.25) is 0 Å². The molecule has 0 aromatic heterocycles. The van der Waals surface area contributed by atoms with Gasteiger partial charge in [0.25, 0.3) is 0 Å². The highest BCUT2D eigenvalue weighted by Gasteiger charge is 2.35. The van der Waals surface area contributed by atoms with Gasteiger partial charge in [-0.3, -0.25) is 0 Å². The first-order valence-electron chi connectivity index (χ1n) is 7.22. The van der Waals surface area contributed by atoms with Crippen molar-refractivity contribution in [2.45, 2.75) is 73.5 Å². The second-order valence-electron chi connectivity index (χ2n) is 5.95. The zero-order valence-electron chi connectivity index (χ0n) is 14.8. The highest BCUT2D eigenvalue weighted by atomic mass is 16.5. The fraction of sp³-hybridized carbons (Fsp3) is 0.647. The number of rotatable bonds is 6. The number of allylic oxidation sites excluding steroid dienone is 5. The van der Waals surface area contributed by atoms with Crippen LogP contribution in [0.25, 0.3) is 0 Å². The lowest BCUT2D eigenvalue weighted by atomic mass is 9.79. The van der Waals surface area contributed by atoms with Gasteiger partial charge in [-0.15, -0.1) is 0 Å². The molecule has 0 saturated heterocycles. The van der Waals surface area contributed by atoms with Gasteiger partial charge in [-0.1, -0.05) is 49.2 Å². The van der Waals surface area contributed by atoms with Crippen LogP contribution in [0.5, 0.6) is 0 Å². The molecule has 3 heteroatoms. The fourth-order valence-corrected chi connectivity index (χ4v) is 0.894. The lowest BCUT2D eigenvalue weighted by Crippen LogP contribution is -2.48. The topological polar surface area (TPSA) is 29.5 Å². The van der Waals surface area contributed by atoms with Gasteiger partial charge >= 0.3 is 7.48 Å². The maximum absolute atomic E-state index is 10.0. The molecule has 0 fully saturated rings. The molecule has 0 aliphatic carbocycles. The maximum Gasteiger partial charge on any atom is 0.331 e.